The second-order valence-corrected chi connectivity index (χ2v) is 11.3. The lowest BCUT2D eigenvalue weighted by Gasteiger charge is -2.20. The van der Waals surface area contributed by atoms with Crippen LogP contribution in [0.15, 0.2) is 51.1 Å². The molecule has 0 heterocycles. The van der Waals surface area contributed by atoms with Crippen LogP contribution in [0.5, 0.6) is 0 Å². The zero-order valence-corrected chi connectivity index (χ0v) is 21.5. The fourth-order valence-electron chi connectivity index (χ4n) is 3.77. The Kier molecular flexibility index (Phi) is 9.80. The quantitative estimate of drug-likeness (QED) is 0.151. The molecule has 3 heteroatoms. The van der Waals surface area contributed by atoms with Crippen molar-refractivity contribution < 1.29 is 0 Å². The van der Waals surface area contributed by atoms with Crippen LogP contribution in [0.25, 0.3) is 21.5 Å². The summed E-state index contributed by atoms with van der Waals surface area (Å²) in [5.41, 5.74) is 1.42. The molecule has 0 nitrogen and oxygen atoms in total. The molecule has 0 amide bonds. The molecule has 162 valence electrons. The zero-order chi connectivity index (χ0) is 21.3. The second-order valence-electron chi connectivity index (χ2n) is 7.94. The van der Waals surface area contributed by atoms with Gasteiger partial charge in [-0.15, -0.1) is 35.3 Å². The Balaban J connectivity index is 2.26. The van der Waals surface area contributed by atoms with E-state index < -0.39 is 0 Å². The maximum atomic E-state index is 2.37. The van der Waals surface area contributed by atoms with Crippen LogP contribution in [0.4, 0.5) is 0 Å². The highest BCUT2D eigenvalue weighted by atomic mass is 32.2. The van der Waals surface area contributed by atoms with Crippen molar-refractivity contribution >= 4 is 56.8 Å². The first kappa shape index (κ1) is 23.9. The van der Waals surface area contributed by atoms with E-state index in [0.29, 0.717) is 0 Å². The van der Waals surface area contributed by atoms with Gasteiger partial charge < -0.3 is 0 Å². The Hall–Kier alpha value is -0.770. The van der Waals surface area contributed by atoms with Gasteiger partial charge in [-0.2, -0.15) is 0 Å². The van der Waals surface area contributed by atoms with Crippen molar-refractivity contribution in [2.45, 2.75) is 80.9 Å². The largest absolute Gasteiger partial charge is 0.125 e. The van der Waals surface area contributed by atoms with Crippen LogP contribution in [0.3, 0.4) is 0 Å². The number of benzene rings is 3. The van der Waals surface area contributed by atoms with Crippen LogP contribution in [0.1, 0.15) is 64.9 Å². The first-order valence-corrected chi connectivity index (χ1v) is 14.5. The molecule has 0 N–H and O–H groups in total. The van der Waals surface area contributed by atoms with Crippen molar-refractivity contribution in [3.8, 4) is 0 Å². The van der Waals surface area contributed by atoms with Crippen LogP contribution in [0, 0.1) is 6.92 Å². The Bertz CT molecular complexity index is 961. The molecule has 0 saturated carbocycles. The van der Waals surface area contributed by atoms with Gasteiger partial charge in [-0.1, -0.05) is 70.4 Å². The molecule has 3 rings (SSSR count). The molecule has 0 atom stereocenters. The fourth-order valence-corrected chi connectivity index (χ4v) is 7.72. The molecule has 0 aliphatic heterocycles. The average Bonchev–Trinajstić information content (AvgIpc) is 2.75. The third kappa shape index (κ3) is 5.53. The highest BCUT2D eigenvalue weighted by Crippen LogP contribution is 2.47. The van der Waals surface area contributed by atoms with E-state index in [2.05, 4.69) is 99.4 Å². The van der Waals surface area contributed by atoms with E-state index >= 15 is 0 Å². The summed E-state index contributed by atoms with van der Waals surface area (Å²) >= 11 is 6.21. The van der Waals surface area contributed by atoms with Crippen molar-refractivity contribution in [3.05, 3.63) is 42.0 Å². The first-order valence-electron chi connectivity index (χ1n) is 11.6. The minimum atomic E-state index is 1.20. The van der Waals surface area contributed by atoms with Gasteiger partial charge in [0.2, 0.25) is 0 Å². The van der Waals surface area contributed by atoms with Gasteiger partial charge in [0.05, 0.1) is 0 Å². The van der Waals surface area contributed by atoms with Crippen molar-refractivity contribution in [2.24, 2.45) is 0 Å². The van der Waals surface area contributed by atoms with Crippen LogP contribution >= 0.6 is 35.3 Å². The molecule has 0 saturated heterocycles. The van der Waals surface area contributed by atoms with E-state index in [9.17, 15) is 0 Å². The third-order valence-electron chi connectivity index (χ3n) is 5.49. The topological polar surface area (TPSA) is 0 Å². The molecule has 0 unspecified atom stereocenters. The summed E-state index contributed by atoms with van der Waals surface area (Å²) < 4.78 is 0. The van der Waals surface area contributed by atoms with Gasteiger partial charge in [-0.05, 0) is 71.2 Å². The van der Waals surface area contributed by atoms with Gasteiger partial charge in [0.1, 0.15) is 0 Å². The molecule has 0 spiro atoms. The van der Waals surface area contributed by atoms with Crippen molar-refractivity contribution in [1.82, 2.24) is 0 Å². The van der Waals surface area contributed by atoms with Gasteiger partial charge in [-0.3, -0.25) is 0 Å². The van der Waals surface area contributed by atoms with E-state index in [4.69, 9.17) is 0 Å². The molecule has 30 heavy (non-hydrogen) atoms. The summed E-state index contributed by atoms with van der Waals surface area (Å²) in [5.74, 6) is 3.61. The minimum absolute atomic E-state index is 1.20. The van der Waals surface area contributed by atoms with Gasteiger partial charge in [-0.25, -0.2) is 0 Å². The maximum Gasteiger partial charge on any atom is 0.0244 e. The molecule has 0 radical (unpaired) electrons. The van der Waals surface area contributed by atoms with Crippen molar-refractivity contribution in [1.29, 1.82) is 0 Å². The summed E-state index contributed by atoms with van der Waals surface area (Å²) in [6, 6.07) is 13.9. The number of rotatable bonds is 12. The Morgan fingerprint density at radius 2 is 1.13 bits per heavy atom. The smallest absolute Gasteiger partial charge is 0.0244 e. The summed E-state index contributed by atoms with van der Waals surface area (Å²) in [5, 5.41) is 5.93. The number of aryl methyl sites for hydroxylation is 1. The van der Waals surface area contributed by atoms with E-state index in [0.717, 1.165) is 0 Å². The molecule has 0 aromatic heterocycles. The molecule has 3 aromatic carbocycles. The number of thioether (sulfide) groups is 3. The van der Waals surface area contributed by atoms with Crippen LogP contribution in [-0.2, 0) is 0 Å². The van der Waals surface area contributed by atoms with Crippen LogP contribution in [0.2, 0.25) is 0 Å². The lowest BCUT2D eigenvalue weighted by molar-refractivity contribution is 0.896. The number of hydrogen-bond donors (Lipinski definition) is 0. The van der Waals surface area contributed by atoms with E-state index in [1.165, 1.54) is 97.6 Å². The van der Waals surface area contributed by atoms with Gasteiger partial charge >= 0.3 is 0 Å². The molecule has 0 aliphatic rings. The van der Waals surface area contributed by atoms with Gasteiger partial charge in [0, 0.05) is 20.1 Å². The van der Waals surface area contributed by atoms with E-state index in [-0.39, 0.29) is 0 Å². The Labute approximate surface area is 196 Å². The second kappa shape index (κ2) is 12.3. The minimum Gasteiger partial charge on any atom is -0.125 e. The van der Waals surface area contributed by atoms with E-state index in [1.807, 2.05) is 0 Å². The standard InChI is InChI=1S/C27H36S3/c1-5-8-17-28-23-16-12-15-22-25(23)27(30-19-10-7-3)24-20(4)13-11-14-21(24)26(22)29-18-9-6-2/h11-16H,5-10,17-19H2,1-4H3. The highest BCUT2D eigenvalue weighted by Gasteiger charge is 2.18. The third-order valence-corrected chi connectivity index (χ3v) is 9.04. The highest BCUT2D eigenvalue weighted by molar-refractivity contribution is 8.01. The Morgan fingerprint density at radius 1 is 0.600 bits per heavy atom. The fraction of sp³-hybridized carbons (Fsp3) is 0.481. The maximum absolute atomic E-state index is 2.37. The van der Waals surface area contributed by atoms with Gasteiger partial charge in [0.15, 0.2) is 0 Å². The van der Waals surface area contributed by atoms with E-state index in [1.54, 1.807) is 0 Å². The predicted molar refractivity (Wildman–Crippen MR) is 143 cm³/mol. The van der Waals surface area contributed by atoms with Crippen molar-refractivity contribution in [2.75, 3.05) is 17.3 Å². The lowest BCUT2D eigenvalue weighted by Crippen LogP contribution is -1.94. The van der Waals surface area contributed by atoms with Gasteiger partial charge in [0.25, 0.3) is 0 Å². The monoisotopic (exact) mass is 456 g/mol. The molecular formula is C27H36S3. The molecular weight excluding hydrogens is 420 g/mol. The van der Waals surface area contributed by atoms with Crippen molar-refractivity contribution in [3.63, 3.8) is 0 Å². The molecule has 0 fully saturated rings. The van der Waals surface area contributed by atoms with Crippen LogP contribution < -0.4 is 0 Å². The summed E-state index contributed by atoms with van der Waals surface area (Å²) in [4.78, 5) is 4.49. The number of hydrogen-bond acceptors (Lipinski definition) is 3. The Morgan fingerprint density at radius 3 is 1.77 bits per heavy atom. The summed E-state index contributed by atoms with van der Waals surface area (Å²) in [7, 11) is 0. The zero-order valence-electron chi connectivity index (χ0n) is 19.1. The lowest BCUT2D eigenvalue weighted by atomic mass is 10.00. The average molecular weight is 457 g/mol. The number of fused-ring (bicyclic) bond motifs is 2. The first-order chi connectivity index (χ1) is 14.7. The summed E-state index contributed by atoms with van der Waals surface area (Å²) in [6.45, 7) is 9.17. The molecule has 0 bridgehead atoms. The SMILES string of the molecule is CCCCSc1c2cccc(C)c2c(SCCCC)c2c(SCCCC)cccc12. The molecule has 3 aromatic rings. The normalized spacial score (nSPS) is 11.6. The van der Waals surface area contributed by atoms with Crippen LogP contribution in [-0.4, -0.2) is 17.3 Å². The predicted octanol–water partition coefficient (Wildman–Crippen LogP) is 9.98. The molecule has 0 aliphatic carbocycles. The summed E-state index contributed by atoms with van der Waals surface area (Å²) in [6.07, 6.45) is 7.60. The number of unbranched alkanes of at least 4 members (excludes halogenated alkanes) is 3.